The second kappa shape index (κ2) is 9.53. The highest BCUT2D eigenvalue weighted by molar-refractivity contribution is 9.10. The number of nitrogens with one attached hydrogen (secondary N) is 1. The summed E-state index contributed by atoms with van der Waals surface area (Å²) >= 11 is 3.74. The highest BCUT2D eigenvalue weighted by Crippen LogP contribution is 2.28. The predicted molar refractivity (Wildman–Crippen MR) is 121 cm³/mol. The molecule has 150 valence electrons. The van der Waals surface area contributed by atoms with E-state index in [1.54, 1.807) is 0 Å². The Balaban J connectivity index is 1.27. The Hall–Kier alpha value is -1.20. The molecule has 28 heavy (non-hydrogen) atoms. The van der Waals surface area contributed by atoms with E-state index in [4.69, 9.17) is 0 Å². The third-order valence-corrected chi connectivity index (χ3v) is 7.11. The molecule has 0 aromatic heterocycles. The van der Waals surface area contributed by atoms with Gasteiger partial charge in [-0.3, -0.25) is 4.90 Å². The Morgan fingerprint density at radius 2 is 1.93 bits per heavy atom. The van der Waals surface area contributed by atoms with Gasteiger partial charge < -0.3 is 10.2 Å². The summed E-state index contributed by atoms with van der Waals surface area (Å²) in [6, 6.07) is 18.8. The van der Waals surface area contributed by atoms with Crippen molar-refractivity contribution in [2.24, 2.45) is 0 Å². The maximum atomic E-state index is 3.83. The highest BCUT2D eigenvalue weighted by Gasteiger charge is 2.26. The summed E-state index contributed by atoms with van der Waals surface area (Å²) in [5.41, 5.74) is 4.49. The van der Waals surface area contributed by atoms with Crippen molar-refractivity contribution in [1.82, 2.24) is 15.1 Å². The van der Waals surface area contributed by atoms with E-state index in [9.17, 15) is 0 Å². The molecule has 0 radical (unpaired) electrons. The normalized spacial score (nSPS) is 23.5. The first-order valence-electron chi connectivity index (χ1n) is 10.7. The number of aryl methyl sites for hydroxylation is 1. The molecule has 2 unspecified atom stereocenters. The van der Waals surface area contributed by atoms with E-state index in [0.29, 0.717) is 12.1 Å². The molecule has 1 saturated heterocycles. The lowest BCUT2D eigenvalue weighted by Crippen LogP contribution is -2.47. The topological polar surface area (TPSA) is 18.5 Å². The zero-order valence-corrected chi connectivity index (χ0v) is 18.5. The summed E-state index contributed by atoms with van der Waals surface area (Å²) < 4.78 is 1.28. The van der Waals surface area contributed by atoms with Crippen LogP contribution in [0.25, 0.3) is 0 Å². The van der Waals surface area contributed by atoms with E-state index in [0.717, 1.165) is 19.5 Å². The largest absolute Gasteiger partial charge is 0.314 e. The number of hydrogen-bond acceptors (Lipinski definition) is 3. The number of rotatable bonds is 6. The maximum absolute atomic E-state index is 3.83. The third kappa shape index (κ3) is 4.85. The fourth-order valence-corrected chi connectivity index (χ4v) is 5.29. The molecule has 1 N–H and O–H groups in total. The Morgan fingerprint density at radius 3 is 2.79 bits per heavy atom. The lowest BCUT2D eigenvalue weighted by molar-refractivity contribution is 0.0886. The molecule has 0 spiro atoms. The molecule has 1 aliphatic carbocycles. The molecule has 0 amide bonds. The molecule has 2 aromatic carbocycles. The average molecular weight is 442 g/mol. The summed E-state index contributed by atoms with van der Waals surface area (Å²) in [6.07, 6.45) is 4.82. The van der Waals surface area contributed by atoms with Crippen LogP contribution in [0.2, 0.25) is 0 Å². The summed E-state index contributed by atoms with van der Waals surface area (Å²) in [4.78, 5) is 5.15. The van der Waals surface area contributed by atoms with Gasteiger partial charge in [-0.05, 0) is 62.0 Å². The van der Waals surface area contributed by atoms with Crippen molar-refractivity contribution in [1.29, 1.82) is 0 Å². The SMILES string of the molecule is CN1CCN(CCCNC2CCc3cccc(Br)c3C2)C(c2ccccc2)C1. The lowest BCUT2D eigenvalue weighted by Gasteiger charge is -2.40. The van der Waals surface area contributed by atoms with Crippen LogP contribution in [0.3, 0.4) is 0 Å². The molecule has 1 aliphatic heterocycles. The second-order valence-electron chi connectivity index (χ2n) is 8.35. The van der Waals surface area contributed by atoms with Crippen molar-refractivity contribution in [3.05, 3.63) is 69.7 Å². The van der Waals surface area contributed by atoms with Crippen LogP contribution in [-0.4, -0.2) is 55.6 Å². The van der Waals surface area contributed by atoms with Crippen LogP contribution in [0.1, 0.15) is 35.6 Å². The van der Waals surface area contributed by atoms with E-state index in [2.05, 4.69) is 86.6 Å². The van der Waals surface area contributed by atoms with Crippen molar-refractivity contribution in [3.63, 3.8) is 0 Å². The number of hydrogen-bond donors (Lipinski definition) is 1. The fraction of sp³-hybridized carbons (Fsp3) is 0.500. The van der Waals surface area contributed by atoms with Crippen LogP contribution >= 0.6 is 15.9 Å². The standard InChI is InChI=1S/C24H32BrN3/c1-27-15-16-28(24(18-27)20-7-3-2-4-8-20)14-6-13-26-21-12-11-19-9-5-10-23(25)22(19)17-21/h2-5,7-10,21,24,26H,6,11-18H2,1H3. The van der Waals surface area contributed by atoms with Crippen molar-refractivity contribution < 1.29 is 0 Å². The summed E-state index contributed by atoms with van der Waals surface area (Å²) in [5.74, 6) is 0. The first-order valence-corrected chi connectivity index (χ1v) is 11.5. The zero-order valence-electron chi connectivity index (χ0n) is 16.9. The molecular formula is C24H32BrN3. The Kier molecular flexibility index (Phi) is 6.84. The minimum absolute atomic E-state index is 0.525. The molecule has 2 atom stereocenters. The van der Waals surface area contributed by atoms with Gasteiger partial charge in [0.15, 0.2) is 0 Å². The van der Waals surface area contributed by atoms with Gasteiger partial charge in [0, 0.05) is 42.7 Å². The van der Waals surface area contributed by atoms with Gasteiger partial charge in [-0.25, -0.2) is 0 Å². The van der Waals surface area contributed by atoms with Gasteiger partial charge in [-0.2, -0.15) is 0 Å². The van der Waals surface area contributed by atoms with E-state index >= 15 is 0 Å². The molecule has 2 aliphatic rings. The molecule has 2 aromatic rings. The smallest absolute Gasteiger partial charge is 0.0475 e. The van der Waals surface area contributed by atoms with Gasteiger partial charge in [-0.15, -0.1) is 0 Å². The van der Waals surface area contributed by atoms with Crippen LogP contribution in [-0.2, 0) is 12.8 Å². The molecule has 1 fully saturated rings. The molecule has 0 saturated carbocycles. The van der Waals surface area contributed by atoms with Gasteiger partial charge in [-0.1, -0.05) is 58.4 Å². The van der Waals surface area contributed by atoms with E-state index < -0.39 is 0 Å². The lowest BCUT2D eigenvalue weighted by atomic mass is 9.88. The van der Waals surface area contributed by atoms with Crippen LogP contribution in [0.4, 0.5) is 0 Å². The van der Waals surface area contributed by atoms with Gasteiger partial charge in [0.1, 0.15) is 0 Å². The third-order valence-electron chi connectivity index (χ3n) is 6.36. The van der Waals surface area contributed by atoms with Crippen molar-refractivity contribution in [2.45, 2.75) is 37.8 Å². The van der Waals surface area contributed by atoms with Crippen LogP contribution in [0.5, 0.6) is 0 Å². The number of nitrogens with zero attached hydrogens (tertiary/aromatic N) is 2. The molecule has 3 nitrogen and oxygen atoms in total. The maximum Gasteiger partial charge on any atom is 0.0475 e. The number of halogens is 1. The molecule has 1 heterocycles. The number of piperazine rings is 1. The first-order chi connectivity index (χ1) is 13.7. The Morgan fingerprint density at radius 1 is 1.07 bits per heavy atom. The van der Waals surface area contributed by atoms with Crippen LogP contribution in [0, 0.1) is 0 Å². The summed E-state index contributed by atoms with van der Waals surface area (Å²) in [5, 5.41) is 3.83. The molecule has 0 bridgehead atoms. The van der Waals surface area contributed by atoms with Crippen LogP contribution in [0.15, 0.2) is 53.0 Å². The predicted octanol–water partition coefficient (Wildman–Crippen LogP) is 4.27. The molecule has 4 rings (SSSR count). The fourth-order valence-electron chi connectivity index (χ4n) is 4.72. The van der Waals surface area contributed by atoms with Crippen LogP contribution < -0.4 is 5.32 Å². The van der Waals surface area contributed by atoms with Crippen molar-refractivity contribution >= 4 is 15.9 Å². The van der Waals surface area contributed by atoms with Gasteiger partial charge in [0.05, 0.1) is 0 Å². The number of benzene rings is 2. The van der Waals surface area contributed by atoms with E-state index in [1.807, 2.05) is 0 Å². The van der Waals surface area contributed by atoms with Gasteiger partial charge in [0.2, 0.25) is 0 Å². The van der Waals surface area contributed by atoms with Gasteiger partial charge >= 0.3 is 0 Å². The monoisotopic (exact) mass is 441 g/mol. The Labute approximate surface area is 178 Å². The zero-order chi connectivity index (χ0) is 19.3. The van der Waals surface area contributed by atoms with Gasteiger partial charge in [0.25, 0.3) is 0 Å². The Bertz CT molecular complexity index is 764. The highest BCUT2D eigenvalue weighted by atomic mass is 79.9. The number of fused-ring (bicyclic) bond motifs is 1. The average Bonchev–Trinajstić information content (AvgIpc) is 2.73. The van der Waals surface area contributed by atoms with E-state index in [1.165, 1.54) is 60.1 Å². The van der Waals surface area contributed by atoms with Crippen molar-refractivity contribution in [3.8, 4) is 0 Å². The summed E-state index contributed by atoms with van der Waals surface area (Å²) in [7, 11) is 2.24. The van der Waals surface area contributed by atoms with E-state index in [-0.39, 0.29) is 0 Å². The minimum Gasteiger partial charge on any atom is -0.314 e. The minimum atomic E-state index is 0.525. The molecular weight excluding hydrogens is 410 g/mol. The van der Waals surface area contributed by atoms with Crippen molar-refractivity contribution in [2.75, 3.05) is 39.8 Å². The quantitative estimate of drug-likeness (QED) is 0.674. The second-order valence-corrected chi connectivity index (χ2v) is 9.20. The number of likely N-dealkylation sites (N-methyl/N-ethyl adjacent to an activating group) is 1. The first kappa shape index (κ1) is 20.1. The summed E-state index contributed by atoms with van der Waals surface area (Å²) in [6.45, 7) is 5.75. The molecule has 4 heteroatoms.